The van der Waals surface area contributed by atoms with Crippen molar-refractivity contribution in [3.63, 3.8) is 0 Å². The average Bonchev–Trinajstić information content (AvgIpc) is 2.35. The van der Waals surface area contributed by atoms with Crippen LogP contribution in [0.25, 0.3) is 0 Å². The number of rotatable bonds is 8. The number of nitrogens with zero attached hydrogens (tertiary/aromatic N) is 1. The summed E-state index contributed by atoms with van der Waals surface area (Å²) in [6, 6.07) is 5.03. The number of nitro benzene ring substituents is 1. The molecule has 0 aliphatic rings. The summed E-state index contributed by atoms with van der Waals surface area (Å²) < 4.78 is 5.47. The quantitative estimate of drug-likeness (QED) is 0.338. The van der Waals surface area contributed by atoms with Crippen molar-refractivity contribution in [1.29, 1.82) is 0 Å². The maximum atomic E-state index is 10.9. The van der Waals surface area contributed by atoms with Crippen LogP contribution in [0.2, 0.25) is 0 Å². The van der Waals surface area contributed by atoms with E-state index >= 15 is 0 Å². The highest BCUT2D eigenvalue weighted by Crippen LogP contribution is 2.27. The largest absolute Gasteiger partial charge is 0.487 e. The molecule has 0 atom stereocenters. The van der Waals surface area contributed by atoms with Crippen molar-refractivity contribution < 1.29 is 9.66 Å². The molecule has 0 saturated carbocycles. The van der Waals surface area contributed by atoms with E-state index in [1.807, 2.05) is 13.0 Å². The molecule has 0 fully saturated rings. The molecule has 1 aromatic carbocycles. The molecule has 100 valence electrons. The van der Waals surface area contributed by atoms with E-state index in [4.69, 9.17) is 4.74 Å². The lowest BCUT2D eigenvalue weighted by Gasteiger charge is -2.07. The molecule has 0 amide bonds. The van der Waals surface area contributed by atoms with Gasteiger partial charge in [0, 0.05) is 6.07 Å². The molecule has 4 nitrogen and oxygen atoms in total. The minimum Gasteiger partial charge on any atom is -0.487 e. The summed E-state index contributed by atoms with van der Waals surface area (Å²) in [4.78, 5) is 10.5. The van der Waals surface area contributed by atoms with E-state index in [1.54, 1.807) is 6.07 Å². The standard InChI is InChI=1S/C13H19NO3S/c1-11-6-7-13(12(10-11)14(15)16)17-8-4-2-3-5-9-18/h6-7,10,18H,2-5,8-9H2,1H3. The monoisotopic (exact) mass is 269 g/mol. The second-order valence-electron chi connectivity index (χ2n) is 4.21. The van der Waals surface area contributed by atoms with Crippen molar-refractivity contribution >= 4 is 18.3 Å². The average molecular weight is 269 g/mol. The van der Waals surface area contributed by atoms with Gasteiger partial charge in [0.2, 0.25) is 0 Å². The van der Waals surface area contributed by atoms with Gasteiger partial charge in [-0.2, -0.15) is 12.6 Å². The first-order chi connectivity index (χ1) is 8.65. The van der Waals surface area contributed by atoms with Gasteiger partial charge in [-0.3, -0.25) is 10.1 Å². The van der Waals surface area contributed by atoms with E-state index < -0.39 is 4.92 Å². The summed E-state index contributed by atoms with van der Waals surface area (Å²) in [5.41, 5.74) is 0.910. The summed E-state index contributed by atoms with van der Waals surface area (Å²) in [5.74, 6) is 1.27. The number of thiol groups is 1. The molecule has 0 saturated heterocycles. The van der Waals surface area contributed by atoms with E-state index in [0.717, 1.165) is 37.0 Å². The zero-order chi connectivity index (χ0) is 13.4. The van der Waals surface area contributed by atoms with Crippen molar-refractivity contribution in [1.82, 2.24) is 0 Å². The summed E-state index contributed by atoms with van der Waals surface area (Å²) in [6.07, 6.45) is 4.22. The number of hydrogen-bond donors (Lipinski definition) is 1. The van der Waals surface area contributed by atoms with Gasteiger partial charge in [0.05, 0.1) is 11.5 Å². The fraction of sp³-hybridized carbons (Fsp3) is 0.538. The van der Waals surface area contributed by atoms with Gasteiger partial charge in [0.1, 0.15) is 0 Å². The second-order valence-corrected chi connectivity index (χ2v) is 4.66. The first-order valence-corrected chi connectivity index (χ1v) is 6.77. The summed E-state index contributed by atoms with van der Waals surface area (Å²) in [7, 11) is 0. The van der Waals surface area contributed by atoms with Gasteiger partial charge in [-0.05, 0) is 37.1 Å². The Balaban J connectivity index is 2.44. The molecule has 1 rings (SSSR count). The number of unbranched alkanes of at least 4 members (excludes halogenated alkanes) is 3. The summed E-state index contributed by atoms with van der Waals surface area (Å²) in [6.45, 7) is 2.35. The SMILES string of the molecule is Cc1ccc(OCCCCCCS)c([N+](=O)[O-])c1. The Bertz CT molecular complexity index is 396. The third kappa shape index (κ3) is 4.96. The minimum atomic E-state index is -0.400. The maximum absolute atomic E-state index is 10.9. The van der Waals surface area contributed by atoms with Crippen LogP contribution in [0, 0.1) is 17.0 Å². The van der Waals surface area contributed by atoms with Gasteiger partial charge in [0.15, 0.2) is 5.75 Å². The molecule has 1 aromatic rings. The number of ether oxygens (including phenoxy) is 1. The Morgan fingerprint density at radius 1 is 1.28 bits per heavy atom. The Kier molecular flexibility index (Phi) is 6.57. The molecular formula is C13H19NO3S. The van der Waals surface area contributed by atoms with Crippen molar-refractivity contribution in [2.45, 2.75) is 32.6 Å². The normalized spacial score (nSPS) is 10.3. The Morgan fingerprint density at radius 3 is 2.67 bits per heavy atom. The van der Waals surface area contributed by atoms with Crippen molar-refractivity contribution in [3.8, 4) is 5.75 Å². The van der Waals surface area contributed by atoms with E-state index in [0.29, 0.717) is 12.4 Å². The highest BCUT2D eigenvalue weighted by atomic mass is 32.1. The molecule has 0 heterocycles. The predicted molar refractivity (Wildman–Crippen MR) is 75.6 cm³/mol. The summed E-state index contributed by atoms with van der Waals surface area (Å²) >= 11 is 4.14. The zero-order valence-corrected chi connectivity index (χ0v) is 11.5. The van der Waals surface area contributed by atoms with Crippen LogP contribution < -0.4 is 4.74 Å². The van der Waals surface area contributed by atoms with Crippen LogP contribution in [-0.4, -0.2) is 17.3 Å². The molecule has 0 N–H and O–H groups in total. The summed E-state index contributed by atoms with van der Waals surface area (Å²) in [5, 5.41) is 10.9. The van der Waals surface area contributed by atoms with Crippen molar-refractivity contribution in [2.24, 2.45) is 0 Å². The number of aryl methyl sites for hydroxylation is 1. The molecule has 18 heavy (non-hydrogen) atoms. The van der Waals surface area contributed by atoms with Gasteiger partial charge in [0.25, 0.3) is 0 Å². The molecule has 0 spiro atoms. The number of hydrogen-bond acceptors (Lipinski definition) is 4. The van der Waals surface area contributed by atoms with E-state index in [-0.39, 0.29) is 5.69 Å². The van der Waals surface area contributed by atoms with Crippen LogP contribution in [0.4, 0.5) is 5.69 Å². The van der Waals surface area contributed by atoms with Crippen LogP contribution in [-0.2, 0) is 0 Å². The fourth-order valence-electron chi connectivity index (χ4n) is 1.64. The van der Waals surface area contributed by atoms with Gasteiger partial charge in [-0.25, -0.2) is 0 Å². The molecule has 5 heteroatoms. The predicted octanol–water partition coefficient (Wildman–Crippen LogP) is 3.77. The molecule has 0 aliphatic heterocycles. The highest BCUT2D eigenvalue weighted by molar-refractivity contribution is 7.80. The van der Waals surface area contributed by atoms with E-state index in [2.05, 4.69) is 12.6 Å². The molecule has 0 aliphatic carbocycles. The van der Waals surface area contributed by atoms with Gasteiger partial charge < -0.3 is 4.74 Å². The topological polar surface area (TPSA) is 52.4 Å². The van der Waals surface area contributed by atoms with Crippen LogP contribution in [0.3, 0.4) is 0 Å². The maximum Gasteiger partial charge on any atom is 0.311 e. The second kappa shape index (κ2) is 7.97. The Labute approximate surface area is 113 Å². The lowest BCUT2D eigenvalue weighted by atomic mass is 10.2. The fourth-order valence-corrected chi connectivity index (χ4v) is 1.87. The van der Waals surface area contributed by atoms with Crippen LogP contribution in [0.1, 0.15) is 31.2 Å². The Morgan fingerprint density at radius 2 is 2.00 bits per heavy atom. The van der Waals surface area contributed by atoms with E-state index in [9.17, 15) is 10.1 Å². The van der Waals surface area contributed by atoms with Crippen molar-refractivity contribution in [3.05, 3.63) is 33.9 Å². The third-order valence-electron chi connectivity index (χ3n) is 2.62. The highest BCUT2D eigenvalue weighted by Gasteiger charge is 2.14. The van der Waals surface area contributed by atoms with Gasteiger partial charge >= 0.3 is 5.69 Å². The number of nitro groups is 1. The molecular weight excluding hydrogens is 250 g/mol. The van der Waals surface area contributed by atoms with Crippen LogP contribution in [0.5, 0.6) is 5.75 Å². The zero-order valence-electron chi connectivity index (χ0n) is 10.6. The van der Waals surface area contributed by atoms with Gasteiger partial charge in [-0.15, -0.1) is 0 Å². The first-order valence-electron chi connectivity index (χ1n) is 6.14. The van der Waals surface area contributed by atoms with Crippen LogP contribution in [0.15, 0.2) is 18.2 Å². The molecule has 0 bridgehead atoms. The lowest BCUT2D eigenvalue weighted by Crippen LogP contribution is -2.01. The van der Waals surface area contributed by atoms with Crippen LogP contribution >= 0.6 is 12.6 Å². The third-order valence-corrected chi connectivity index (χ3v) is 2.94. The molecule has 0 unspecified atom stereocenters. The van der Waals surface area contributed by atoms with E-state index in [1.165, 1.54) is 6.07 Å². The minimum absolute atomic E-state index is 0.0466. The van der Waals surface area contributed by atoms with Gasteiger partial charge in [-0.1, -0.05) is 18.9 Å². The van der Waals surface area contributed by atoms with Crippen molar-refractivity contribution in [2.75, 3.05) is 12.4 Å². The smallest absolute Gasteiger partial charge is 0.311 e. The number of benzene rings is 1. The lowest BCUT2D eigenvalue weighted by molar-refractivity contribution is -0.385. The first kappa shape index (κ1) is 14.8. The molecule has 0 aromatic heterocycles. The Hall–Kier alpha value is -1.23. The molecule has 0 radical (unpaired) electrons.